The van der Waals surface area contributed by atoms with Gasteiger partial charge in [0.05, 0.1) is 32.8 Å². The van der Waals surface area contributed by atoms with Gasteiger partial charge in [0.25, 0.3) is 0 Å². The van der Waals surface area contributed by atoms with Gasteiger partial charge in [0, 0.05) is 0 Å². The number of aliphatic hydroxyl groups excluding tert-OH is 6. The number of hydrogen-bond donors (Lipinski definition) is 8. The third-order valence-corrected chi connectivity index (χ3v) is 7.69. The van der Waals surface area contributed by atoms with E-state index in [0.717, 1.165) is 0 Å². The SMILES string of the molecule is Nc1ncnc2c1ncn2[C@@H]1O[C@H](COP(O)(=S)OCCCO[C@@H]2O[C@H](CO)[C@H](O)[C@H](O)[C@H]2O)[C@@H](O)[C@H]1O. The van der Waals surface area contributed by atoms with Gasteiger partial charge in [-0.3, -0.25) is 4.57 Å². The zero-order valence-corrected chi connectivity index (χ0v) is 21.5. The summed E-state index contributed by atoms with van der Waals surface area (Å²) in [5.74, 6) is 0.137. The molecule has 2 fully saturated rings. The van der Waals surface area contributed by atoms with Crippen molar-refractivity contribution in [1.29, 1.82) is 0 Å². The number of rotatable bonds is 11. The molecule has 19 heteroatoms. The van der Waals surface area contributed by atoms with Crippen LogP contribution in [0.25, 0.3) is 11.2 Å². The van der Waals surface area contributed by atoms with Crippen molar-refractivity contribution in [3.8, 4) is 0 Å². The summed E-state index contributed by atoms with van der Waals surface area (Å²) in [5, 5.41) is 59.6. The van der Waals surface area contributed by atoms with Crippen LogP contribution in [0.2, 0.25) is 0 Å². The number of nitrogens with two attached hydrogens (primary N) is 1. The topological polar surface area (TPSA) is 257 Å². The van der Waals surface area contributed by atoms with E-state index < -0.39 is 75.2 Å². The number of fused-ring (bicyclic) bond motifs is 1. The molecule has 0 spiro atoms. The molecule has 38 heavy (non-hydrogen) atoms. The van der Waals surface area contributed by atoms with E-state index in [0.29, 0.717) is 5.52 Å². The summed E-state index contributed by atoms with van der Waals surface area (Å²) in [6, 6.07) is 0. The van der Waals surface area contributed by atoms with Gasteiger partial charge in [-0.15, -0.1) is 0 Å². The highest BCUT2D eigenvalue weighted by Crippen LogP contribution is 2.45. The fourth-order valence-electron chi connectivity index (χ4n) is 4.00. The molecular formula is C19H30N5O12PS. The van der Waals surface area contributed by atoms with Crippen LogP contribution in [0.5, 0.6) is 0 Å². The number of nitrogens with zero attached hydrogens (tertiary/aromatic N) is 4. The summed E-state index contributed by atoms with van der Waals surface area (Å²) in [4.78, 5) is 22.3. The molecule has 2 aliphatic rings. The van der Waals surface area contributed by atoms with Crippen molar-refractivity contribution in [2.75, 3.05) is 32.2 Å². The number of aromatic nitrogens is 4. The third-order valence-electron chi connectivity index (χ3n) is 6.07. The second-order valence-corrected chi connectivity index (χ2v) is 11.5. The number of nitrogen functional groups attached to an aromatic ring is 1. The van der Waals surface area contributed by atoms with Gasteiger partial charge < -0.3 is 64.5 Å². The Morgan fingerprint density at radius 3 is 2.42 bits per heavy atom. The van der Waals surface area contributed by atoms with Crippen molar-refractivity contribution in [2.24, 2.45) is 0 Å². The van der Waals surface area contributed by atoms with Gasteiger partial charge in [0.15, 0.2) is 24.0 Å². The fraction of sp³-hybridized carbons (Fsp3) is 0.737. The number of imidazole rings is 1. The largest absolute Gasteiger partial charge is 0.394 e. The van der Waals surface area contributed by atoms with Crippen LogP contribution in [-0.4, -0.2) is 130 Å². The summed E-state index contributed by atoms with van der Waals surface area (Å²) in [5.41, 5.74) is 6.36. The number of ether oxygens (including phenoxy) is 3. The maximum Gasteiger partial charge on any atom is 0.324 e. The smallest absolute Gasteiger partial charge is 0.324 e. The van der Waals surface area contributed by atoms with E-state index in [9.17, 15) is 35.5 Å². The lowest BCUT2D eigenvalue weighted by atomic mass is 9.99. The molecule has 10 atom stereocenters. The lowest BCUT2D eigenvalue weighted by molar-refractivity contribution is -0.301. The Morgan fingerprint density at radius 2 is 1.68 bits per heavy atom. The van der Waals surface area contributed by atoms with E-state index >= 15 is 0 Å². The van der Waals surface area contributed by atoms with Crippen LogP contribution < -0.4 is 5.73 Å². The molecule has 2 aromatic rings. The fourth-order valence-corrected chi connectivity index (χ4v) is 5.18. The average molecular weight is 584 g/mol. The van der Waals surface area contributed by atoms with Gasteiger partial charge in [-0.05, 0) is 18.2 Å². The first-order valence-electron chi connectivity index (χ1n) is 11.5. The Morgan fingerprint density at radius 1 is 0.947 bits per heavy atom. The Labute approximate surface area is 220 Å². The van der Waals surface area contributed by atoms with Crippen LogP contribution in [0, 0.1) is 0 Å². The maximum atomic E-state index is 10.5. The quantitative estimate of drug-likeness (QED) is 0.0942. The Balaban J connectivity index is 1.22. The molecule has 2 saturated heterocycles. The molecular weight excluding hydrogens is 553 g/mol. The molecule has 214 valence electrons. The van der Waals surface area contributed by atoms with Gasteiger partial charge in [-0.25, -0.2) is 15.0 Å². The molecule has 4 heterocycles. The van der Waals surface area contributed by atoms with Gasteiger partial charge in [-0.1, -0.05) is 0 Å². The highest BCUT2D eigenvalue weighted by Gasteiger charge is 2.45. The van der Waals surface area contributed by atoms with Crippen LogP contribution in [-0.2, 0) is 35.1 Å². The Kier molecular flexibility index (Phi) is 9.60. The monoisotopic (exact) mass is 583 g/mol. The minimum Gasteiger partial charge on any atom is -0.394 e. The summed E-state index contributed by atoms with van der Waals surface area (Å²) in [6.45, 7) is -4.92. The zero-order valence-electron chi connectivity index (χ0n) is 19.8. The van der Waals surface area contributed by atoms with Crippen molar-refractivity contribution in [1.82, 2.24) is 19.5 Å². The molecule has 0 saturated carbocycles. The number of aliphatic hydroxyl groups is 6. The molecule has 0 bridgehead atoms. The van der Waals surface area contributed by atoms with Gasteiger partial charge >= 0.3 is 6.72 Å². The van der Waals surface area contributed by atoms with Crippen molar-refractivity contribution >= 4 is 35.5 Å². The molecule has 2 aliphatic heterocycles. The van der Waals surface area contributed by atoms with Crippen LogP contribution >= 0.6 is 6.72 Å². The molecule has 0 radical (unpaired) electrons. The van der Waals surface area contributed by atoms with E-state index in [4.69, 9.17) is 40.8 Å². The van der Waals surface area contributed by atoms with Crippen molar-refractivity contribution in [2.45, 2.75) is 61.7 Å². The van der Waals surface area contributed by atoms with Crippen molar-refractivity contribution in [3.63, 3.8) is 0 Å². The number of hydrogen-bond acceptors (Lipinski definition) is 16. The maximum absolute atomic E-state index is 10.5. The second kappa shape index (κ2) is 12.4. The van der Waals surface area contributed by atoms with E-state index in [-0.39, 0.29) is 31.1 Å². The standard InChI is InChI=1S/C19H30N5O12PS/c20-16-10-17(22-6-21-16)24(7-23-10)18-14(29)12(27)9(35-18)5-34-37(31,38)33-3-1-2-32-19-15(30)13(28)11(26)8(4-25)36-19/h6-9,11-15,18-19,25-30H,1-5H2,(H,31,38)(H2,20,21,22)/t8-,9-,11+,12-,13+,14-,15-,18-,19-,37?/m1/s1. The normalized spacial score (nSPS) is 35.5. The first-order valence-corrected chi connectivity index (χ1v) is 14.1. The molecule has 17 nitrogen and oxygen atoms in total. The summed E-state index contributed by atoms with van der Waals surface area (Å²) in [7, 11) is 0. The molecule has 1 unspecified atom stereocenters. The molecule has 4 rings (SSSR count). The average Bonchev–Trinajstić information content (AvgIpc) is 3.44. The summed E-state index contributed by atoms with van der Waals surface area (Å²) < 4.78 is 28.1. The summed E-state index contributed by atoms with van der Waals surface area (Å²) >= 11 is 4.97. The second-order valence-electron chi connectivity index (χ2n) is 8.65. The van der Waals surface area contributed by atoms with Gasteiger partial charge in [0.1, 0.15) is 54.6 Å². The molecule has 2 aromatic heterocycles. The van der Waals surface area contributed by atoms with Crippen LogP contribution in [0.4, 0.5) is 5.82 Å². The molecule has 0 aromatic carbocycles. The first kappa shape index (κ1) is 29.5. The minimum atomic E-state index is -3.77. The Hall–Kier alpha value is -1.48. The van der Waals surface area contributed by atoms with E-state index in [1.807, 2.05) is 0 Å². The molecule has 0 aliphatic carbocycles. The highest BCUT2D eigenvalue weighted by molar-refractivity contribution is 8.07. The van der Waals surface area contributed by atoms with Crippen molar-refractivity contribution < 1.29 is 58.8 Å². The van der Waals surface area contributed by atoms with E-state index in [1.54, 1.807) is 0 Å². The van der Waals surface area contributed by atoms with E-state index in [1.165, 1.54) is 17.2 Å². The van der Waals surface area contributed by atoms with Crippen molar-refractivity contribution in [3.05, 3.63) is 12.7 Å². The minimum absolute atomic E-state index is 0.0523. The molecule has 9 N–H and O–H groups in total. The predicted molar refractivity (Wildman–Crippen MR) is 128 cm³/mol. The van der Waals surface area contributed by atoms with Gasteiger partial charge in [-0.2, -0.15) is 0 Å². The highest BCUT2D eigenvalue weighted by atomic mass is 32.5. The predicted octanol–water partition coefficient (Wildman–Crippen LogP) is -3.52. The Bertz CT molecular complexity index is 1130. The van der Waals surface area contributed by atoms with Crippen LogP contribution in [0.15, 0.2) is 12.7 Å². The lowest BCUT2D eigenvalue weighted by Crippen LogP contribution is -2.59. The lowest BCUT2D eigenvalue weighted by Gasteiger charge is -2.39. The molecule has 0 amide bonds. The third kappa shape index (κ3) is 6.29. The number of anilines is 1. The van der Waals surface area contributed by atoms with E-state index in [2.05, 4.69) is 15.0 Å². The van der Waals surface area contributed by atoms with Gasteiger partial charge in [0.2, 0.25) is 0 Å². The zero-order chi connectivity index (χ0) is 27.6. The summed E-state index contributed by atoms with van der Waals surface area (Å²) in [6.07, 6.45) is -9.19. The first-order chi connectivity index (χ1) is 18.0. The van der Waals surface area contributed by atoms with Crippen LogP contribution in [0.1, 0.15) is 12.6 Å². The van der Waals surface area contributed by atoms with Crippen LogP contribution in [0.3, 0.4) is 0 Å².